The van der Waals surface area contributed by atoms with E-state index in [9.17, 15) is 4.79 Å². The van der Waals surface area contributed by atoms with Gasteiger partial charge in [0.25, 0.3) is 5.91 Å². The zero-order chi connectivity index (χ0) is 19.9. The number of fused-ring (bicyclic) bond motifs is 1. The molecule has 1 aliphatic heterocycles. The third-order valence-corrected chi connectivity index (χ3v) is 5.40. The molecule has 150 valence electrons. The van der Waals surface area contributed by atoms with Crippen LogP contribution in [0.2, 0.25) is 0 Å². The van der Waals surface area contributed by atoms with Crippen molar-refractivity contribution in [3.63, 3.8) is 0 Å². The molecule has 2 aromatic heterocycles. The fraction of sp³-hybridized carbons (Fsp3) is 0.348. The highest BCUT2D eigenvalue weighted by Crippen LogP contribution is 2.14. The van der Waals surface area contributed by atoms with Crippen molar-refractivity contribution >= 4 is 22.6 Å². The van der Waals surface area contributed by atoms with E-state index in [0.29, 0.717) is 12.1 Å². The van der Waals surface area contributed by atoms with Crippen molar-refractivity contribution in [1.82, 2.24) is 20.2 Å². The summed E-state index contributed by atoms with van der Waals surface area (Å²) in [4.78, 5) is 25.9. The Morgan fingerprint density at radius 1 is 0.931 bits per heavy atom. The van der Waals surface area contributed by atoms with Crippen LogP contribution in [0.5, 0.6) is 0 Å². The van der Waals surface area contributed by atoms with Gasteiger partial charge in [-0.2, -0.15) is 0 Å². The van der Waals surface area contributed by atoms with E-state index < -0.39 is 0 Å². The number of nitrogens with one attached hydrogen (secondary N) is 1. The molecule has 0 radical (unpaired) electrons. The number of nitrogens with zero attached hydrogens (tertiary/aromatic N) is 4. The normalized spacial score (nSPS) is 14.8. The summed E-state index contributed by atoms with van der Waals surface area (Å²) in [5.41, 5.74) is 1.60. The molecule has 0 unspecified atom stereocenters. The van der Waals surface area contributed by atoms with Gasteiger partial charge in [0.15, 0.2) is 0 Å². The highest BCUT2D eigenvalue weighted by molar-refractivity contribution is 5.97. The number of amides is 1. The highest BCUT2D eigenvalue weighted by atomic mass is 16.1. The number of piperazine rings is 1. The van der Waals surface area contributed by atoms with Crippen LogP contribution in [-0.2, 0) is 0 Å². The lowest BCUT2D eigenvalue weighted by atomic mass is 10.1. The molecule has 1 amide bonds. The molecule has 1 aliphatic rings. The fourth-order valence-corrected chi connectivity index (χ4v) is 3.72. The second-order valence-electron chi connectivity index (χ2n) is 7.39. The minimum atomic E-state index is -0.0141. The maximum Gasteiger partial charge on any atom is 0.251 e. The number of hydrogen-bond donors (Lipinski definition) is 1. The molecule has 0 aliphatic carbocycles. The van der Waals surface area contributed by atoms with Crippen LogP contribution >= 0.6 is 0 Å². The van der Waals surface area contributed by atoms with Gasteiger partial charge >= 0.3 is 0 Å². The lowest BCUT2D eigenvalue weighted by molar-refractivity contribution is 0.0952. The predicted molar refractivity (Wildman–Crippen MR) is 116 cm³/mol. The van der Waals surface area contributed by atoms with Gasteiger partial charge in [-0.3, -0.25) is 14.7 Å². The Kier molecular flexibility index (Phi) is 6.32. The number of carbonyl (C=O) groups is 1. The van der Waals surface area contributed by atoms with Gasteiger partial charge in [-0.05, 0) is 55.8 Å². The topological polar surface area (TPSA) is 61.4 Å². The van der Waals surface area contributed by atoms with Crippen LogP contribution in [0.1, 0.15) is 23.2 Å². The number of unbranched alkanes of at least 4 members (excludes halogenated alkanes) is 1. The second-order valence-corrected chi connectivity index (χ2v) is 7.39. The average molecular weight is 390 g/mol. The van der Waals surface area contributed by atoms with Gasteiger partial charge < -0.3 is 10.2 Å². The Morgan fingerprint density at radius 2 is 1.79 bits per heavy atom. The smallest absolute Gasteiger partial charge is 0.251 e. The van der Waals surface area contributed by atoms with Gasteiger partial charge in [0.1, 0.15) is 5.82 Å². The molecule has 0 saturated carbocycles. The van der Waals surface area contributed by atoms with E-state index in [0.717, 1.165) is 62.3 Å². The zero-order valence-corrected chi connectivity index (χ0v) is 16.6. The molecule has 1 aromatic carbocycles. The van der Waals surface area contributed by atoms with Crippen molar-refractivity contribution in [3.05, 3.63) is 66.5 Å². The minimum Gasteiger partial charge on any atom is -0.354 e. The lowest BCUT2D eigenvalue weighted by Crippen LogP contribution is -2.47. The predicted octanol–water partition coefficient (Wildman–Crippen LogP) is 2.96. The Labute approximate surface area is 171 Å². The van der Waals surface area contributed by atoms with Crippen LogP contribution in [-0.4, -0.2) is 60.0 Å². The van der Waals surface area contributed by atoms with Crippen molar-refractivity contribution in [1.29, 1.82) is 0 Å². The van der Waals surface area contributed by atoms with E-state index in [-0.39, 0.29) is 5.91 Å². The van der Waals surface area contributed by atoms with E-state index in [2.05, 4.69) is 31.2 Å². The maximum atomic E-state index is 12.4. The van der Waals surface area contributed by atoms with Gasteiger partial charge in [-0.25, -0.2) is 4.98 Å². The molecule has 1 N–H and O–H groups in total. The Morgan fingerprint density at radius 3 is 2.62 bits per heavy atom. The van der Waals surface area contributed by atoms with Crippen LogP contribution in [0.15, 0.2) is 60.9 Å². The largest absolute Gasteiger partial charge is 0.354 e. The first-order chi connectivity index (χ1) is 14.3. The zero-order valence-electron chi connectivity index (χ0n) is 16.6. The summed E-state index contributed by atoms with van der Waals surface area (Å²) < 4.78 is 0. The van der Waals surface area contributed by atoms with Gasteiger partial charge in [0, 0.05) is 56.1 Å². The van der Waals surface area contributed by atoms with Gasteiger partial charge in [0.2, 0.25) is 0 Å². The second kappa shape index (κ2) is 9.47. The molecule has 6 heteroatoms. The summed E-state index contributed by atoms with van der Waals surface area (Å²) in [6, 6.07) is 15.6. The Hall–Kier alpha value is -2.99. The summed E-state index contributed by atoms with van der Waals surface area (Å²) in [5, 5.41) is 4.03. The van der Waals surface area contributed by atoms with E-state index in [1.165, 1.54) is 0 Å². The SMILES string of the molecule is O=C(NCCCCN1CCN(c2ccccn2)CC1)c1ccc2ncccc2c1. The van der Waals surface area contributed by atoms with Crippen LogP contribution < -0.4 is 10.2 Å². The van der Waals surface area contributed by atoms with Gasteiger partial charge in [0.05, 0.1) is 5.52 Å². The number of carbonyl (C=O) groups excluding carboxylic acids is 1. The number of benzene rings is 1. The number of pyridine rings is 2. The molecule has 6 nitrogen and oxygen atoms in total. The number of rotatable bonds is 7. The number of aromatic nitrogens is 2. The van der Waals surface area contributed by atoms with Crippen LogP contribution in [0.4, 0.5) is 5.82 Å². The highest BCUT2D eigenvalue weighted by Gasteiger charge is 2.17. The molecule has 29 heavy (non-hydrogen) atoms. The molecule has 0 spiro atoms. The fourth-order valence-electron chi connectivity index (χ4n) is 3.72. The first-order valence-corrected chi connectivity index (χ1v) is 10.3. The summed E-state index contributed by atoms with van der Waals surface area (Å²) in [6.45, 7) is 5.95. The van der Waals surface area contributed by atoms with E-state index in [1.807, 2.05) is 48.7 Å². The third-order valence-electron chi connectivity index (χ3n) is 5.40. The van der Waals surface area contributed by atoms with Crippen molar-refractivity contribution in [2.24, 2.45) is 0 Å². The molecule has 1 saturated heterocycles. The van der Waals surface area contributed by atoms with Crippen LogP contribution in [0.3, 0.4) is 0 Å². The summed E-state index contributed by atoms with van der Waals surface area (Å²) >= 11 is 0. The standard InChI is InChI=1S/C23H27N5O/c29-23(20-8-9-21-19(18-20)6-5-12-24-21)26-11-3-4-13-27-14-16-28(17-15-27)22-7-1-2-10-25-22/h1-2,5-10,12,18H,3-4,11,13-17H2,(H,26,29). The van der Waals surface area contributed by atoms with Crippen molar-refractivity contribution < 1.29 is 4.79 Å². The number of anilines is 1. The Bertz CT molecular complexity index is 938. The summed E-state index contributed by atoms with van der Waals surface area (Å²) in [6.07, 6.45) is 5.69. The van der Waals surface area contributed by atoms with E-state index in [4.69, 9.17) is 0 Å². The van der Waals surface area contributed by atoms with Crippen molar-refractivity contribution in [3.8, 4) is 0 Å². The molecule has 0 bridgehead atoms. The molecule has 3 aromatic rings. The lowest BCUT2D eigenvalue weighted by Gasteiger charge is -2.35. The molecule has 0 atom stereocenters. The first kappa shape index (κ1) is 19.3. The molecule has 4 rings (SSSR count). The van der Waals surface area contributed by atoms with Crippen molar-refractivity contribution in [2.75, 3.05) is 44.2 Å². The van der Waals surface area contributed by atoms with Crippen molar-refractivity contribution in [2.45, 2.75) is 12.8 Å². The summed E-state index contributed by atoms with van der Waals surface area (Å²) in [5.74, 6) is 1.05. The average Bonchev–Trinajstić information content (AvgIpc) is 2.79. The van der Waals surface area contributed by atoms with Gasteiger partial charge in [-0.15, -0.1) is 0 Å². The first-order valence-electron chi connectivity index (χ1n) is 10.3. The van der Waals surface area contributed by atoms with Crippen LogP contribution in [0, 0.1) is 0 Å². The summed E-state index contributed by atoms with van der Waals surface area (Å²) in [7, 11) is 0. The molecular weight excluding hydrogens is 362 g/mol. The van der Waals surface area contributed by atoms with E-state index >= 15 is 0 Å². The monoisotopic (exact) mass is 389 g/mol. The van der Waals surface area contributed by atoms with Gasteiger partial charge in [-0.1, -0.05) is 12.1 Å². The minimum absolute atomic E-state index is 0.0141. The molecule has 3 heterocycles. The quantitative estimate of drug-likeness (QED) is 0.630. The third kappa shape index (κ3) is 5.09. The Balaban J connectivity index is 1.14. The van der Waals surface area contributed by atoms with Crippen LogP contribution in [0.25, 0.3) is 10.9 Å². The van der Waals surface area contributed by atoms with E-state index in [1.54, 1.807) is 6.20 Å². The molecular formula is C23H27N5O. The number of hydrogen-bond acceptors (Lipinski definition) is 5. The molecule has 1 fully saturated rings. The maximum absolute atomic E-state index is 12.4.